The Morgan fingerprint density at radius 2 is 1.75 bits per heavy atom. The molecule has 4 N–H and O–H groups in total. The number of hydrogen-bond donors (Lipinski definition) is 4. The number of carbonyl (C=O) groups is 1. The van der Waals surface area contributed by atoms with Crippen LogP contribution < -0.4 is 5.32 Å². The highest BCUT2D eigenvalue weighted by molar-refractivity contribution is 5.96. The molecule has 5 nitrogen and oxygen atoms in total. The molecule has 0 atom stereocenters. The molecule has 0 radical (unpaired) electrons. The van der Waals surface area contributed by atoms with Gasteiger partial charge < -0.3 is 20.6 Å². The van der Waals surface area contributed by atoms with E-state index in [1.807, 2.05) is 0 Å². The molecule has 0 spiro atoms. The smallest absolute Gasteiger partial charge is 0.255 e. The van der Waals surface area contributed by atoms with Gasteiger partial charge in [0.2, 0.25) is 0 Å². The van der Waals surface area contributed by atoms with Crippen LogP contribution in [0.3, 0.4) is 0 Å². The van der Waals surface area contributed by atoms with E-state index in [4.69, 9.17) is 0 Å². The second-order valence-corrected chi connectivity index (χ2v) is 4.16. The van der Waals surface area contributed by atoms with Gasteiger partial charge in [-0.25, -0.2) is 4.39 Å². The van der Waals surface area contributed by atoms with Crippen molar-refractivity contribution in [2.75, 3.05) is 0 Å². The lowest BCUT2D eigenvalue weighted by Crippen LogP contribution is -2.23. The third-order valence-corrected chi connectivity index (χ3v) is 2.71. The van der Waals surface area contributed by atoms with E-state index in [1.54, 1.807) is 0 Å². The van der Waals surface area contributed by atoms with Crippen molar-refractivity contribution < 1.29 is 24.5 Å². The predicted octanol–water partition coefficient (Wildman–Crippen LogP) is 1.87. The molecule has 0 heterocycles. The molecule has 2 aromatic carbocycles. The van der Waals surface area contributed by atoms with Crippen LogP contribution in [0.1, 0.15) is 15.9 Å². The Hall–Kier alpha value is -2.76. The number of halogens is 1. The fraction of sp³-hybridized carbons (Fsp3) is 0.0714. The summed E-state index contributed by atoms with van der Waals surface area (Å²) in [5.41, 5.74) is 0.0962. The van der Waals surface area contributed by atoms with E-state index in [2.05, 4.69) is 5.32 Å². The number of aromatic hydroxyl groups is 3. The molecule has 2 rings (SSSR count). The van der Waals surface area contributed by atoms with E-state index in [1.165, 1.54) is 18.2 Å². The number of phenolic OH excluding ortho intramolecular Hbond substituents is 3. The summed E-state index contributed by atoms with van der Waals surface area (Å²) < 4.78 is 13.0. The van der Waals surface area contributed by atoms with Crippen LogP contribution in [-0.4, -0.2) is 21.2 Å². The molecule has 0 saturated heterocycles. The molecule has 0 bridgehead atoms. The summed E-state index contributed by atoms with van der Waals surface area (Å²) in [5, 5.41) is 30.7. The van der Waals surface area contributed by atoms with Crippen LogP contribution in [0.5, 0.6) is 17.2 Å². The van der Waals surface area contributed by atoms with Crippen LogP contribution in [0.25, 0.3) is 0 Å². The van der Waals surface area contributed by atoms with Crippen molar-refractivity contribution in [2.24, 2.45) is 0 Å². The van der Waals surface area contributed by atoms with Crippen molar-refractivity contribution in [3.63, 3.8) is 0 Å². The Balaban J connectivity index is 2.12. The zero-order chi connectivity index (χ0) is 14.7. The average Bonchev–Trinajstić information content (AvgIpc) is 2.42. The number of hydrogen-bond acceptors (Lipinski definition) is 4. The van der Waals surface area contributed by atoms with Crippen LogP contribution in [0.4, 0.5) is 4.39 Å². The Kier molecular flexibility index (Phi) is 3.74. The van der Waals surface area contributed by atoms with Gasteiger partial charge in [-0.1, -0.05) is 0 Å². The van der Waals surface area contributed by atoms with Crippen molar-refractivity contribution in [3.05, 3.63) is 53.3 Å². The normalized spacial score (nSPS) is 10.2. The highest BCUT2D eigenvalue weighted by atomic mass is 19.1. The van der Waals surface area contributed by atoms with Crippen molar-refractivity contribution in [2.45, 2.75) is 6.54 Å². The lowest BCUT2D eigenvalue weighted by Gasteiger charge is -2.08. The Morgan fingerprint density at radius 3 is 2.50 bits per heavy atom. The fourth-order valence-corrected chi connectivity index (χ4v) is 1.67. The number of nitrogens with one attached hydrogen (secondary N) is 1. The van der Waals surface area contributed by atoms with Crippen LogP contribution in [-0.2, 0) is 6.54 Å². The first kappa shape index (κ1) is 13.7. The van der Waals surface area contributed by atoms with Crippen molar-refractivity contribution in [1.29, 1.82) is 0 Å². The monoisotopic (exact) mass is 277 g/mol. The van der Waals surface area contributed by atoms with Gasteiger partial charge in [0.25, 0.3) is 5.91 Å². The molecular weight excluding hydrogens is 265 g/mol. The number of carbonyl (C=O) groups excluding carboxylic acids is 1. The molecule has 0 aromatic heterocycles. The maximum atomic E-state index is 13.0. The lowest BCUT2D eigenvalue weighted by molar-refractivity contribution is 0.0947. The summed E-state index contributed by atoms with van der Waals surface area (Å²) in [4.78, 5) is 11.8. The Bertz CT molecular complexity index is 658. The largest absolute Gasteiger partial charge is 0.508 e. The topological polar surface area (TPSA) is 89.8 Å². The zero-order valence-corrected chi connectivity index (χ0v) is 10.3. The minimum Gasteiger partial charge on any atom is -0.508 e. The number of benzene rings is 2. The zero-order valence-electron chi connectivity index (χ0n) is 10.3. The summed E-state index contributed by atoms with van der Waals surface area (Å²) >= 11 is 0. The van der Waals surface area contributed by atoms with E-state index < -0.39 is 11.7 Å². The van der Waals surface area contributed by atoms with E-state index in [0.29, 0.717) is 5.56 Å². The maximum Gasteiger partial charge on any atom is 0.255 e. The van der Waals surface area contributed by atoms with Crippen LogP contribution in [0.15, 0.2) is 36.4 Å². The summed E-state index contributed by atoms with van der Waals surface area (Å²) in [6.45, 7) is -0.0744. The first-order chi connectivity index (χ1) is 9.47. The van der Waals surface area contributed by atoms with Crippen LogP contribution in [0, 0.1) is 5.82 Å². The fourth-order valence-electron chi connectivity index (χ4n) is 1.67. The van der Waals surface area contributed by atoms with Crippen molar-refractivity contribution >= 4 is 5.91 Å². The average molecular weight is 277 g/mol. The minimum absolute atomic E-state index is 0.0550. The highest BCUT2D eigenvalue weighted by Crippen LogP contribution is 2.22. The summed E-state index contributed by atoms with van der Waals surface area (Å²) in [7, 11) is 0. The van der Waals surface area contributed by atoms with Crippen LogP contribution in [0.2, 0.25) is 0 Å². The Labute approximate surface area is 113 Å². The molecule has 0 unspecified atom stereocenters. The lowest BCUT2D eigenvalue weighted by atomic mass is 10.1. The standard InChI is InChI=1S/C14H12FNO4/c15-9-1-3-13(19)11(6-9)14(20)16-7-8-5-10(17)2-4-12(8)18/h1-6,17-19H,7H2,(H,16,20). The van der Waals surface area contributed by atoms with Gasteiger partial charge in [-0.15, -0.1) is 0 Å². The number of phenols is 3. The van der Waals surface area contributed by atoms with Crippen molar-refractivity contribution in [1.82, 2.24) is 5.32 Å². The summed E-state index contributed by atoms with van der Waals surface area (Å²) in [5.74, 6) is -1.82. The Morgan fingerprint density at radius 1 is 1.05 bits per heavy atom. The molecule has 0 aliphatic carbocycles. The second-order valence-electron chi connectivity index (χ2n) is 4.16. The highest BCUT2D eigenvalue weighted by Gasteiger charge is 2.13. The van der Waals surface area contributed by atoms with E-state index >= 15 is 0 Å². The van der Waals surface area contributed by atoms with Gasteiger partial charge in [0.1, 0.15) is 23.1 Å². The van der Waals surface area contributed by atoms with Crippen LogP contribution >= 0.6 is 0 Å². The van der Waals surface area contributed by atoms with Crippen molar-refractivity contribution in [3.8, 4) is 17.2 Å². The molecule has 1 amide bonds. The molecule has 20 heavy (non-hydrogen) atoms. The number of amides is 1. The van der Waals surface area contributed by atoms with E-state index in [9.17, 15) is 24.5 Å². The second kappa shape index (κ2) is 5.48. The molecule has 6 heteroatoms. The molecule has 0 aliphatic rings. The summed E-state index contributed by atoms with van der Waals surface area (Å²) in [6.07, 6.45) is 0. The van der Waals surface area contributed by atoms with Gasteiger partial charge in [0.05, 0.1) is 5.56 Å². The molecular formula is C14H12FNO4. The summed E-state index contributed by atoms with van der Waals surface area (Å²) in [6, 6.07) is 6.91. The minimum atomic E-state index is -0.690. The van der Waals surface area contributed by atoms with E-state index in [0.717, 1.165) is 18.2 Å². The molecule has 0 aliphatic heterocycles. The number of rotatable bonds is 3. The predicted molar refractivity (Wildman–Crippen MR) is 69.0 cm³/mol. The van der Waals surface area contributed by atoms with Gasteiger partial charge in [-0.3, -0.25) is 4.79 Å². The van der Waals surface area contributed by atoms with Gasteiger partial charge >= 0.3 is 0 Å². The molecule has 0 fully saturated rings. The first-order valence-electron chi connectivity index (χ1n) is 5.75. The van der Waals surface area contributed by atoms with E-state index in [-0.39, 0.29) is 29.4 Å². The SMILES string of the molecule is O=C(NCc1cc(O)ccc1O)c1cc(F)ccc1O. The van der Waals surface area contributed by atoms with Gasteiger partial charge in [-0.2, -0.15) is 0 Å². The van der Waals surface area contributed by atoms with Gasteiger partial charge in [0.15, 0.2) is 0 Å². The third-order valence-electron chi connectivity index (χ3n) is 2.71. The molecule has 104 valence electrons. The first-order valence-corrected chi connectivity index (χ1v) is 5.75. The molecule has 2 aromatic rings. The van der Waals surface area contributed by atoms with Gasteiger partial charge in [0, 0.05) is 12.1 Å². The third kappa shape index (κ3) is 2.97. The van der Waals surface area contributed by atoms with Gasteiger partial charge in [-0.05, 0) is 36.4 Å². The molecule has 0 saturated carbocycles. The quantitative estimate of drug-likeness (QED) is 0.645. The maximum absolute atomic E-state index is 13.0.